The molecule has 2 aliphatic heterocycles. The van der Waals surface area contributed by atoms with E-state index in [-0.39, 0.29) is 12.4 Å². The molecule has 2 fully saturated rings. The van der Waals surface area contributed by atoms with Gasteiger partial charge in [-0.25, -0.2) is 4.79 Å². The van der Waals surface area contributed by atoms with Gasteiger partial charge in [-0.05, 0) is 50.1 Å². The molecule has 1 aliphatic carbocycles. The van der Waals surface area contributed by atoms with Crippen LogP contribution in [0.5, 0.6) is 0 Å². The number of rotatable bonds is 1. The second-order valence-electron chi connectivity index (χ2n) is 5.00. The monoisotopic (exact) mass is 243 g/mol. The second-order valence-corrected chi connectivity index (χ2v) is 5.00. The third kappa shape index (κ3) is 1.34. The summed E-state index contributed by atoms with van der Waals surface area (Å²) in [5, 5.41) is 9.53. The molecular weight excluding hydrogens is 226 g/mol. The van der Waals surface area contributed by atoms with E-state index in [9.17, 15) is 9.90 Å². The number of nitrogens with zero attached hydrogens (tertiary/aromatic N) is 1. The molecule has 0 unspecified atom stereocenters. The minimum absolute atomic E-state index is 0. The van der Waals surface area contributed by atoms with Gasteiger partial charge in [0.25, 0.3) is 0 Å². The fraction of sp³-hybridized carbons (Fsp3) is 0.750. The number of carbonyl (C=O) groups is 1. The van der Waals surface area contributed by atoms with E-state index in [0.717, 1.165) is 32.4 Å². The van der Waals surface area contributed by atoms with Crippen LogP contribution in [0.15, 0.2) is 11.6 Å². The molecule has 1 N–H and O–H groups in total. The van der Waals surface area contributed by atoms with Crippen molar-refractivity contribution < 1.29 is 9.90 Å². The maximum atomic E-state index is 11.6. The molecule has 0 bridgehead atoms. The van der Waals surface area contributed by atoms with Crippen molar-refractivity contribution in [3.63, 3.8) is 0 Å². The van der Waals surface area contributed by atoms with Gasteiger partial charge in [-0.3, -0.25) is 4.90 Å². The summed E-state index contributed by atoms with van der Waals surface area (Å²) in [6.45, 7) is 1.96. The van der Waals surface area contributed by atoms with Crippen molar-refractivity contribution in [3.05, 3.63) is 11.6 Å². The summed E-state index contributed by atoms with van der Waals surface area (Å²) in [5.74, 6) is -0.0780. The third-order valence-corrected chi connectivity index (χ3v) is 4.34. The Bertz CT molecular complexity index is 342. The number of allylic oxidation sites excluding steroid dienone is 1. The molecule has 4 heteroatoms. The summed E-state index contributed by atoms with van der Waals surface area (Å²) >= 11 is 0. The molecule has 2 atom stereocenters. The van der Waals surface area contributed by atoms with E-state index in [0.29, 0.717) is 5.92 Å². The largest absolute Gasteiger partial charge is 0.480 e. The molecule has 3 aliphatic rings. The molecule has 2 saturated heterocycles. The van der Waals surface area contributed by atoms with Gasteiger partial charge in [0, 0.05) is 6.54 Å². The lowest BCUT2D eigenvalue weighted by Crippen LogP contribution is -2.47. The molecule has 0 spiro atoms. The first-order valence-corrected chi connectivity index (χ1v) is 5.94. The van der Waals surface area contributed by atoms with Gasteiger partial charge >= 0.3 is 5.97 Å². The molecular formula is C12H18ClNO2. The van der Waals surface area contributed by atoms with Crippen molar-refractivity contribution in [2.24, 2.45) is 5.92 Å². The first-order valence-electron chi connectivity index (χ1n) is 5.94. The summed E-state index contributed by atoms with van der Waals surface area (Å²) in [7, 11) is 0. The molecule has 0 amide bonds. The van der Waals surface area contributed by atoms with E-state index in [1.54, 1.807) is 0 Å². The van der Waals surface area contributed by atoms with E-state index in [4.69, 9.17) is 0 Å². The summed E-state index contributed by atoms with van der Waals surface area (Å²) in [6.07, 6.45) is 7.58. The SMILES string of the molecule is Cl.O=C(O)[C@]12CCCN1C[C@@H]1CCCC=C12. The zero-order valence-electron chi connectivity index (χ0n) is 9.32. The fourth-order valence-electron chi connectivity index (χ4n) is 3.72. The predicted molar refractivity (Wildman–Crippen MR) is 63.8 cm³/mol. The zero-order chi connectivity index (χ0) is 10.5. The quantitative estimate of drug-likeness (QED) is 0.717. The van der Waals surface area contributed by atoms with Gasteiger partial charge in [0.1, 0.15) is 5.54 Å². The standard InChI is InChI=1S/C12H17NO2.ClH/c14-11(15)12-6-3-7-13(12)8-9-4-1-2-5-10(9)12;/h5,9H,1-4,6-8H2,(H,14,15);1H/t9-,12+;/m0./s1. The van der Waals surface area contributed by atoms with Gasteiger partial charge in [-0.15, -0.1) is 12.4 Å². The highest BCUT2D eigenvalue weighted by atomic mass is 35.5. The Hall–Kier alpha value is -0.540. The summed E-state index contributed by atoms with van der Waals surface area (Å²) in [4.78, 5) is 13.8. The van der Waals surface area contributed by atoms with Gasteiger partial charge in [0.2, 0.25) is 0 Å². The van der Waals surface area contributed by atoms with Crippen molar-refractivity contribution in [1.82, 2.24) is 4.90 Å². The average molecular weight is 244 g/mol. The van der Waals surface area contributed by atoms with Crippen molar-refractivity contribution in [3.8, 4) is 0 Å². The van der Waals surface area contributed by atoms with Crippen molar-refractivity contribution in [2.75, 3.05) is 13.1 Å². The van der Waals surface area contributed by atoms with Gasteiger partial charge in [-0.1, -0.05) is 6.08 Å². The molecule has 0 aromatic carbocycles. The van der Waals surface area contributed by atoms with Crippen LogP contribution < -0.4 is 0 Å². The molecule has 0 radical (unpaired) electrons. The summed E-state index contributed by atoms with van der Waals surface area (Å²) in [5.41, 5.74) is 0.643. The highest BCUT2D eigenvalue weighted by molar-refractivity contribution is 5.85. The van der Waals surface area contributed by atoms with E-state index in [2.05, 4.69) is 11.0 Å². The highest BCUT2D eigenvalue weighted by Crippen LogP contribution is 2.49. The molecule has 3 rings (SSSR count). The summed E-state index contributed by atoms with van der Waals surface area (Å²) in [6, 6.07) is 0. The Morgan fingerprint density at radius 3 is 3.06 bits per heavy atom. The van der Waals surface area contributed by atoms with Crippen LogP contribution in [0.25, 0.3) is 0 Å². The first-order chi connectivity index (χ1) is 7.25. The number of carboxylic acids is 1. The number of carboxylic acid groups (broad SMARTS) is 1. The molecule has 2 heterocycles. The van der Waals surface area contributed by atoms with Gasteiger partial charge in [-0.2, -0.15) is 0 Å². The maximum Gasteiger partial charge on any atom is 0.328 e. The number of hydrogen-bond donors (Lipinski definition) is 1. The Morgan fingerprint density at radius 1 is 1.50 bits per heavy atom. The second kappa shape index (κ2) is 4.04. The van der Waals surface area contributed by atoms with E-state index in [1.807, 2.05) is 0 Å². The van der Waals surface area contributed by atoms with Crippen LogP contribution >= 0.6 is 12.4 Å². The molecule has 90 valence electrons. The van der Waals surface area contributed by atoms with Crippen molar-refractivity contribution >= 4 is 18.4 Å². The normalized spacial score (nSPS) is 37.2. The van der Waals surface area contributed by atoms with Crippen LogP contribution in [0.2, 0.25) is 0 Å². The van der Waals surface area contributed by atoms with E-state index in [1.165, 1.54) is 18.4 Å². The zero-order valence-corrected chi connectivity index (χ0v) is 10.1. The minimum atomic E-state index is -0.615. The summed E-state index contributed by atoms with van der Waals surface area (Å²) < 4.78 is 0. The number of halogens is 1. The smallest absolute Gasteiger partial charge is 0.328 e. The average Bonchev–Trinajstić information content (AvgIpc) is 2.73. The fourth-order valence-corrected chi connectivity index (χ4v) is 3.72. The van der Waals surface area contributed by atoms with Crippen molar-refractivity contribution in [2.45, 2.75) is 37.6 Å². The van der Waals surface area contributed by atoms with Crippen LogP contribution in [-0.4, -0.2) is 34.6 Å². The Kier molecular flexibility index (Phi) is 3.01. The molecule has 0 saturated carbocycles. The van der Waals surface area contributed by atoms with Crippen LogP contribution in [0, 0.1) is 5.92 Å². The topological polar surface area (TPSA) is 40.5 Å². The molecule has 0 aromatic heterocycles. The Morgan fingerprint density at radius 2 is 2.31 bits per heavy atom. The molecule has 0 aromatic rings. The lowest BCUT2D eigenvalue weighted by atomic mass is 9.79. The molecule has 3 nitrogen and oxygen atoms in total. The Labute approximate surface area is 102 Å². The van der Waals surface area contributed by atoms with Crippen LogP contribution in [0.1, 0.15) is 32.1 Å². The van der Waals surface area contributed by atoms with Gasteiger partial charge in [0.15, 0.2) is 0 Å². The van der Waals surface area contributed by atoms with Gasteiger partial charge in [0.05, 0.1) is 0 Å². The van der Waals surface area contributed by atoms with Crippen LogP contribution in [0.4, 0.5) is 0 Å². The maximum absolute atomic E-state index is 11.6. The Balaban J connectivity index is 0.000000963. The number of hydrogen-bond acceptors (Lipinski definition) is 2. The number of fused-ring (bicyclic) bond motifs is 3. The lowest BCUT2D eigenvalue weighted by Gasteiger charge is -2.29. The van der Waals surface area contributed by atoms with E-state index >= 15 is 0 Å². The lowest BCUT2D eigenvalue weighted by molar-refractivity contribution is -0.145. The van der Waals surface area contributed by atoms with Crippen molar-refractivity contribution in [1.29, 1.82) is 0 Å². The third-order valence-electron chi connectivity index (χ3n) is 4.34. The van der Waals surface area contributed by atoms with E-state index < -0.39 is 11.5 Å². The van der Waals surface area contributed by atoms with Gasteiger partial charge < -0.3 is 5.11 Å². The molecule has 16 heavy (non-hydrogen) atoms. The van der Waals surface area contributed by atoms with Crippen LogP contribution in [0.3, 0.4) is 0 Å². The first kappa shape index (κ1) is 11.9. The highest BCUT2D eigenvalue weighted by Gasteiger charge is 2.57. The van der Waals surface area contributed by atoms with Crippen LogP contribution in [-0.2, 0) is 4.79 Å². The number of aliphatic carboxylic acids is 1. The predicted octanol–water partition coefficient (Wildman–Crippen LogP) is 2.07. The minimum Gasteiger partial charge on any atom is -0.480 e.